The molecule has 2 atom stereocenters. The maximum atomic E-state index is 12.8. The summed E-state index contributed by atoms with van der Waals surface area (Å²) in [5.74, 6) is -0.530. The number of carbonyl (C=O) groups is 1. The van der Waals surface area contributed by atoms with Crippen LogP contribution in [0.1, 0.15) is 50.6 Å². The number of ether oxygens (including phenoxy) is 3. The van der Waals surface area contributed by atoms with Gasteiger partial charge in [-0.25, -0.2) is 4.79 Å². The number of benzene rings is 1. The standard InChI is InChI=1S/C19H24BrNO4/c1-14(15-3-5-16(20)6-4-15)21-10-9-18(25-17(21)22)7-2-8-19(13-18)23-11-12-24-19/h3-6,14H,2,7-13H2,1H3/t14-,18-/m0/s1. The maximum Gasteiger partial charge on any atom is 0.410 e. The van der Waals surface area contributed by atoms with Crippen molar-refractivity contribution in [2.24, 2.45) is 0 Å². The summed E-state index contributed by atoms with van der Waals surface area (Å²) in [7, 11) is 0. The first-order valence-corrected chi connectivity index (χ1v) is 9.83. The highest BCUT2D eigenvalue weighted by molar-refractivity contribution is 9.10. The lowest BCUT2D eigenvalue weighted by molar-refractivity contribution is -0.225. The van der Waals surface area contributed by atoms with Gasteiger partial charge in [-0.2, -0.15) is 0 Å². The van der Waals surface area contributed by atoms with Crippen LogP contribution in [0.15, 0.2) is 28.7 Å². The molecule has 1 aliphatic carbocycles. The Hall–Kier alpha value is -1.11. The van der Waals surface area contributed by atoms with Crippen molar-refractivity contribution < 1.29 is 19.0 Å². The van der Waals surface area contributed by atoms with Gasteiger partial charge in [0.05, 0.1) is 19.3 Å². The molecule has 0 N–H and O–H groups in total. The monoisotopic (exact) mass is 409 g/mol. The van der Waals surface area contributed by atoms with Crippen molar-refractivity contribution in [3.8, 4) is 0 Å². The zero-order chi connectivity index (χ0) is 17.5. The zero-order valence-electron chi connectivity index (χ0n) is 14.5. The summed E-state index contributed by atoms with van der Waals surface area (Å²) in [5, 5.41) is 0. The van der Waals surface area contributed by atoms with Gasteiger partial charge < -0.3 is 19.1 Å². The van der Waals surface area contributed by atoms with E-state index in [2.05, 4.69) is 15.9 Å². The fraction of sp³-hybridized carbons (Fsp3) is 0.632. The van der Waals surface area contributed by atoms with Crippen molar-refractivity contribution in [2.75, 3.05) is 19.8 Å². The normalized spacial score (nSPS) is 29.8. The number of amides is 1. The Morgan fingerprint density at radius 2 is 1.84 bits per heavy atom. The Morgan fingerprint density at radius 1 is 1.12 bits per heavy atom. The van der Waals surface area contributed by atoms with E-state index in [4.69, 9.17) is 14.2 Å². The van der Waals surface area contributed by atoms with Crippen LogP contribution in [-0.2, 0) is 14.2 Å². The third kappa shape index (κ3) is 3.32. The number of rotatable bonds is 2. The number of nitrogens with zero attached hydrogens (tertiary/aromatic N) is 1. The third-order valence-electron chi connectivity index (χ3n) is 5.76. The minimum absolute atomic E-state index is 0.00511. The van der Waals surface area contributed by atoms with Crippen molar-refractivity contribution in [1.82, 2.24) is 4.90 Å². The molecule has 1 aromatic rings. The fourth-order valence-electron chi connectivity index (χ4n) is 4.37. The second-order valence-corrected chi connectivity index (χ2v) is 8.28. The smallest absolute Gasteiger partial charge is 0.410 e. The van der Waals surface area contributed by atoms with Gasteiger partial charge in [0.25, 0.3) is 0 Å². The molecular weight excluding hydrogens is 386 g/mol. The van der Waals surface area contributed by atoms with Gasteiger partial charge >= 0.3 is 6.09 Å². The molecule has 3 fully saturated rings. The Bertz CT molecular complexity index is 643. The van der Waals surface area contributed by atoms with Crippen molar-refractivity contribution in [3.05, 3.63) is 34.3 Å². The van der Waals surface area contributed by atoms with Crippen LogP contribution in [-0.4, -0.2) is 42.1 Å². The Labute approximate surface area is 156 Å². The molecule has 1 amide bonds. The largest absolute Gasteiger partial charge is 0.442 e. The number of halogens is 1. The molecule has 2 heterocycles. The van der Waals surface area contributed by atoms with E-state index in [-0.39, 0.29) is 12.1 Å². The van der Waals surface area contributed by atoms with E-state index in [1.165, 1.54) is 0 Å². The van der Waals surface area contributed by atoms with Crippen LogP contribution in [0.25, 0.3) is 0 Å². The van der Waals surface area contributed by atoms with Gasteiger partial charge in [-0.3, -0.25) is 0 Å². The van der Waals surface area contributed by atoms with Gasteiger partial charge in [-0.1, -0.05) is 28.1 Å². The first kappa shape index (κ1) is 17.3. The topological polar surface area (TPSA) is 48.0 Å². The summed E-state index contributed by atoms with van der Waals surface area (Å²) in [5.41, 5.74) is 0.675. The summed E-state index contributed by atoms with van der Waals surface area (Å²) < 4.78 is 18.8. The molecule has 1 aromatic carbocycles. The van der Waals surface area contributed by atoms with Crippen LogP contribution in [0, 0.1) is 0 Å². The molecule has 25 heavy (non-hydrogen) atoms. The van der Waals surface area contributed by atoms with E-state index in [0.29, 0.717) is 26.2 Å². The zero-order valence-corrected chi connectivity index (χ0v) is 16.1. The summed E-state index contributed by atoms with van der Waals surface area (Å²) in [6.45, 7) is 4.02. The van der Waals surface area contributed by atoms with E-state index in [9.17, 15) is 4.79 Å². The molecule has 136 valence electrons. The van der Waals surface area contributed by atoms with Crippen molar-refractivity contribution >= 4 is 22.0 Å². The van der Waals surface area contributed by atoms with E-state index < -0.39 is 11.4 Å². The fourth-order valence-corrected chi connectivity index (χ4v) is 4.64. The molecule has 3 aliphatic rings. The van der Waals surface area contributed by atoms with Gasteiger partial charge in [-0.15, -0.1) is 0 Å². The Kier molecular flexibility index (Phi) is 4.54. The second-order valence-electron chi connectivity index (χ2n) is 7.36. The highest BCUT2D eigenvalue weighted by atomic mass is 79.9. The summed E-state index contributed by atoms with van der Waals surface area (Å²) >= 11 is 3.45. The highest BCUT2D eigenvalue weighted by Gasteiger charge is 2.53. The molecule has 0 bridgehead atoms. The minimum Gasteiger partial charge on any atom is -0.442 e. The summed E-state index contributed by atoms with van der Waals surface area (Å²) in [6, 6.07) is 8.09. The first-order valence-electron chi connectivity index (χ1n) is 9.04. The molecule has 0 unspecified atom stereocenters. The number of carbonyl (C=O) groups excluding carboxylic acids is 1. The van der Waals surface area contributed by atoms with Gasteiger partial charge in [-0.05, 0) is 37.5 Å². The quantitative estimate of drug-likeness (QED) is 0.725. The van der Waals surface area contributed by atoms with Crippen LogP contribution < -0.4 is 0 Å². The third-order valence-corrected chi connectivity index (χ3v) is 6.29. The number of hydrogen-bond donors (Lipinski definition) is 0. The lowest BCUT2D eigenvalue weighted by atomic mass is 9.78. The van der Waals surface area contributed by atoms with Crippen LogP contribution in [0.3, 0.4) is 0 Å². The molecule has 0 radical (unpaired) electrons. The summed E-state index contributed by atoms with van der Waals surface area (Å²) in [6.07, 6.45) is 4.02. The Morgan fingerprint density at radius 3 is 2.52 bits per heavy atom. The molecule has 2 aliphatic heterocycles. The van der Waals surface area contributed by atoms with Crippen molar-refractivity contribution in [3.63, 3.8) is 0 Å². The predicted molar refractivity (Wildman–Crippen MR) is 96.2 cm³/mol. The SMILES string of the molecule is C[C@@H](c1ccc(Br)cc1)N1CC[C@]2(CCCC3(C2)OCCO3)OC1=O. The van der Waals surface area contributed by atoms with Crippen LogP contribution in [0.2, 0.25) is 0 Å². The molecule has 4 rings (SSSR count). The van der Waals surface area contributed by atoms with E-state index in [1.807, 2.05) is 36.1 Å². The van der Waals surface area contributed by atoms with Crippen molar-refractivity contribution in [2.45, 2.75) is 56.5 Å². The van der Waals surface area contributed by atoms with Gasteiger partial charge in [0.2, 0.25) is 0 Å². The molecule has 6 heteroatoms. The van der Waals surface area contributed by atoms with Gasteiger partial charge in [0.15, 0.2) is 5.79 Å². The minimum atomic E-state index is -0.530. The first-order chi connectivity index (χ1) is 12.0. The van der Waals surface area contributed by atoms with Crippen molar-refractivity contribution in [1.29, 1.82) is 0 Å². The number of hydrogen-bond acceptors (Lipinski definition) is 4. The second kappa shape index (κ2) is 6.56. The lowest BCUT2D eigenvalue weighted by Gasteiger charge is -2.48. The van der Waals surface area contributed by atoms with E-state index in [1.54, 1.807) is 0 Å². The summed E-state index contributed by atoms with van der Waals surface area (Å²) in [4.78, 5) is 14.6. The molecule has 2 spiro atoms. The molecule has 5 nitrogen and oxygen atoms in total. The lowest BCUT2D eigenvalue weighted by Crippen LogP contribution is -2.55. The average molecular weight is 410 g/mol. The molecule has 0 aromatic heterocycles. The van der Waals surface area contributed by atoms with E-state index >= 15 is 0 Å². The van der Waals surface area contributed by atoms with E-state index in [0.717, 1.165) is 35.7 Å². The molecule has 2 saturated heterocycles. The van der Waals surface area contributed by atoms with Crippen LogP contribution in [0.5, 0.6) is 0 Å². The van der Waals surface area contributed by atoms with Crippen LogP contribution in [0.4, 0.5) is 4.79 Å². The van der Waals surface area contributed by atoms with Crippen LogP contribution >= 0.6 is 15.9 Å². The molecule has 1 saturated carbocycles. The Balaban J connectivity index is 1.46. The average Bonchev–Trinajstić information content (AvgIpc) is 3.02. The highest BCUT2D eigenvalue weighted by Crippen LogP contribution is 2.46. The molecular formula is C19H24BrNO4. The maximum absolute atomic E-state index is 12.8. The van der Waals surface area contributed by atoms with Gasteiger partial charge in [0.1, 0.15) is 5.60 Å². The van der Waals surface area contributed by atoms with Gasteiger partial charge in [0, 0.05) is 30.3 Å². The predicted octanol–water partition coefficient (Wildman–Crippen LogP) is 4.41.